The fraction of sp³-hybridized carbons (Fsp3) is 0.600. The molecule has 0 radical (unpaired) electrons. The van der Waals surface area contributed by atoms with Crippen molar-refractivity contribution in [1.29, 1.82) is 5.41 Å². The van der Waals surface area contributed by atoms with Gasteiger partial charge in [-0.3, -0.25) is 10.3 Å². The third kappa shape index (κ3) is 2.49. The molecule has 0 unspecified atom stereocenters. The molecular weight excluding hydrogens is 194 g/mol. The molecular formula is C10H17N3O2. The second-order valence-electron chi connectivity index (χ2n) is 3.77. The third-order valence-corrected chi connectivity index (χ3v) is 2.34. The molecule has 0 aliphatic carbocycles. The average Bonchev–Trinajstić information content (AvgIpc) is 2.56. The second kappa shape index (κ2) is 4.82. The molecule has 0 bridgehead atoms. The number of carbonyl (C=O) groups is 1. The molecule has 1 heterocycles. The number of nitrogens with one attached hydrogen (secondary N) is 2. The first kappa shape index (κ1) is 11.6. The number of rotatable bonds is 3. The molecule has 1 fully saturated rings. The van der Waals surface area contributed by atoms with Crippen LogP contribution in [0.5, 0.6) is 0 Å². The first-order valence-electron chi connectivity index (χ1n) is 4.96. The molecule has 1 rings (SSSR count). The lowest BCUT2D eigenvalue weighted by Crippen LogP contribution is -2.40. The Morgan fingerprint density at radius 1 is 1.73 bits per heavy atom. The first-order chi connectivity index (χ1) is 7.07. The van der Waals surface area contributed by atoms with Crippen LogP contribution in [-0.4, -0.2) is 36.5 Å². The van der Waals surface area contributed by atoms with E-state index in [1.165, 1.54) is 4.90 Å². The van der Waals surface area contributed by atoms with E-state index in [0.29, 0.717) is 6.61 Å². The highest BCUT2D eigenvalue weighted by atomic mass is 16.6. The summed E-state index contributed by atoms with van der Waals surface area (Å²) < 4.78 is 4.93. The molecule has 0 aromatic carbocycles. The molecule has 84 valence electrons. The molecule has 1 amide bonds. The Balaban J connectivity index is 2.76. The average molecular weight is 211 g/mol. The highest BCUT2D eigenvalue weighted by molar-refractivity contribution is 6.01. The van der Waals surface area contributed by atoms with E-state index in [2.05, 4.69) is 5.32 Å². The number of nitrogens with zero attached hydrogens (tertiary/aromatic N) is 1. The Morgan fingerprint density at radius 3 is 2.93 bits per heavy atom. The lowest BCUT2D eigenvalue weighted by molar-refractivity contribution is 0.168. The summed E-state index contributed by atoms with van der Waals surface area (Å²) in [4.78, 5) is 12.8. The summed E-state index contributed by atoms with van der Waals surface area (Å²) in [7, 11) is 1.74. The summed E-state index contributed by atoms with van der Waals surface area (Å²) in [6, 6.07) is -0.0356. The van der Waals surface area contributed by atoms with E-state index in [4.69, 9.17) is 10.1 Å². The maximum Gasteiger partial charge on any atom is 0.415 e. The van der Waals surface area contributed by atoms with Crippen molar-refractivity contribution in [2.75, 3.05) is 13.7 Å². The van der Waals surface area contributed by atoms with Crippen LogP contribution in [0.1, 0.15) is 13.8 Å². The van der Waals surface area contributed by atoms with E-state index in [1.54, 1.807) is 19.3 Å². The standard InChI is InChI=1S/C10H17N3O2/c1-7(2)8-6-15-10(14)13(8)9(11)4-5-12-3/h4-5,7-8,11-12H,6H2,1-3H3/b5-4-,11-9?/t8-/m1/s1. The predicted octanol–water partition coefficient (Wildman–Crippen LogP) is 1.17. The van der Waals surface area contributed by atoms with Gasteiger partial charge < -0.3 is 10.1 Å². The monoisotopic (exact) mass is 211 g/mol. The number of hydrogen-bond acceptors (Lipinski definition) is 4. The lowest BCUT2D eigenvalue weighted by Gasteiger charge is -2.22. The smallest absolute Gasteiger partial charge is 0.415 e. The van der Waals surface area contributed by atoms with Gasteiger partial charge in [-0.15, -0.1) is 0 Å². The van der Waals surface area contributed by atoms with Crippen LogP contribution in [0.4, 0.5) is 4.79 Å². The Labute approximate surface area is 89.6 Å². The summed E-state index contributed by atoms with van der Waals surface area (Å²) in [6.07, 6.45) is 2.73. The molecule has 5 heteroatoms. The van der Waals surface area contributed by atoms with Gasteiger partial charge >= 0.3 is 6.09 Å². The van der Waals surface area contributed by atoms with Gasteiger partial charge in [-0.25, -0.2) is 4.79 Å². The molecule has 15 heavy (non-hydrogen) atoms. The van der Waals surface area contributed by atoms with E-state index in [9.17, 15) is 4.79 Å². The van der Waals surface area contributed by atoms with Gasteiger partial charge in [0.05, 0.1) is 6.04 Å². The van der Waals surface area contributed by atoms with Gasteiger partial charge in [0.15, 0.2) is 0 Å². The van der Waals surface area contributed by atoms with Gasteiger partial charge in [0.1, 0.15) is 12.4 Å². The predicted molar refractivity (Wildman–Crippen MR) is 57.7 cm³/mol. The van der Waals surface area contributed by atoms with E-state index >= 15 is 0 Å². The lowest BCUT2D eigenvalue weighted by atomic mass is 10.0. The maximum absolute atomic E-state index is 11.4. The number of hydrogen-bond donors (Lipinski definition) is 2. The molecule has 0 aromatic rings. The Kier molecular flexibility index (Phi) is 3.71. The van der Waals surface area contributed by atoms with Crippen molar-refractivity contribution < 1.29 is 9.53 Å². The Morgan fingerprint density at radius 2 is 2.40 bits per heavy atom. The van der Waals surface area contributed by atoms with Crippen molar-refractivity contribution in [2.45, 2.75) is 19.9 Å². The van der Waals surface area contributed by atoms with E-state index < -0.39 is 6.09 Å². The Bertz CT molecular complexity index is 286. The summed E-state index contributed by atoms with van der Waals surface area (Å²) in [5.74, 6) is 0.435. The highest BCUT2D eigenvalue weighted by Gasteiger charge is 2.36. The van der Waals surface area contributed by atoms with Crippen molar-refractivity contribution in [3.05, 3.63) is 12.3 Å². The minimum atomic E-state index is -0.431. The molecule has 0 spiro atoms. The first-order valence-corrected chi connectivity index (χ1v) is 4.96. The topological polar surface area (TPSA) is 65.4 Å². The molecule has 1 saturated heterocycles. The zero-order chi connectivity index (χ0) is 11.4. The van der Waals surface area contributed by atoms with Crippen LogP contribution in [0, 0.1) is 11.3 Å². The normalized spacial score (nSPS) is 21.2. The molecule has 1 aliphatic rings. The maximum atomic E-state index is 11.4. The van der Waals surface area contributed by atoms with Crippen LogP contribution in [0.3, 0.4) is 0 Å². The van der Waals surface area contributed by atoms with E-state index in [0.717, 1.165) is 0 Å². The SMILES string of the molecule is CN/C=C\C(=N)N1C(=O)OC[C@@H]1C(C)C. The number of cyclic esters (lactones) is 1. The zero-order valence-corrected chi connectivity index (χ0v) is 9.28. The van der Waals surface area contributed by atoms with Crippen molar-refractivity contribution in [3.8, 4) is 0 Å². The van der Waals surface area contributed by atoms with Gasteiger partial charge in [-0.1, -0.05) is 13.8 Å². The number of ether oxygens (including phenoxy) is 1. The quantitative estimate of drug-likeness (QED) is 0.544. The second-order valence-corrected chi connectivity index (χ2v) is 3.77. The summed E-state index contributed by atoms with van der Waals surface area (Å²) >= 11 is 0. The zero-order valence-electron chi connectivity index (χ0n) is 9.28. The molecule has 1 atom stereocenters. The van der Waals surface area contributed by atoms with Gasteiger partial charge in [-0.2, -0.15) is 0 Å². The molecule has 0 aromatic heterocycles. The third-order valence-electron chi connectivity index (χ3n) is 2.34. The van der Waals surface area contributed by atoms with Crippen LogP contribution in [0.25, 0.3) is 0 Å². The van der Waals surface area contributed by atoms with Crippen LogP contribution in [0.2, 0.25) is 0 Å². The van der Waals surface area contributed by atoms with E-state index in [1.807, 2.05) is 13.8 Å². The van der Waals surface area contributed by atoms with Crippen LogP contribution in [0.15, 0.2) is 12.3 Å². The van der Waals surface area contributed by atoms with Gasteiger partial charge in [0, 0.05) is 7.05 Å². The van der Waals surface area contributed by atoms with Crippen LogP contribution in [-0.2, 0) is 4.74 Å². The summed E-state index contributed by atoms with van der Waals surface area (Å²) in [5.41, 5.74) is 0. The van der Waals surface area contributed by atoms with Crippen LogP contribution < -0.4 is 5.32 Å². The van der Waals surface area contributed by atoms with Gasteiger partial charge in [-0.05, 0) is 18.2 Å². The largest absolute Gasteiger partial charge is 0.447 e. The van der Waals surface area contributed by atoms with Crippen molar-refractivity contribution >= 4 is 11.9 Å². The highest BCUT2D eigenvalue weighted by Crippen LogP contribution is 2.19. The van der Waals surface area contributed by atoms with Gasteiger partial charge in [0.2, 0.25) is 0 Å². The molecule has 0 saturated carbocycles. The minimum absolute atomic E-state index is 0.0356. The fourth-order valence-electron chi connectivity index (χ4n) is 1.45. The van der Waals surface area contributed by atoms with Crippen molar-refractivity contribution in [1.82, 2.24) is 10.2 Å². The summed E-state index contributed by atoms with van der Waals surface area (Å²) in [5, 5.41) is 10.5. The van der Waals surface area contributed by atoms with Crippen molar-refractivity contribution in [3.63, 3.8) is 0 Å². The van der Waals surface area contributed by atoms with Crippen LogP contribution >= 0.6 is 0 Å². The van der Waals surface area contributed by atoms with E-state index in [-0.39, 0.29) is 17.8 Å². The van der Waals surface area contributed by atoms with Gasteiger partial charge in [0.25, 0.3) is 0 Å². The summed E-state index contributed by atoms with van der Waals surface area (Å²) in [6.45, 7) is 4.38. The molecule has 5 nitrogen and oxygen atoms in total. The molecule has 1 aliphatic heterocycles. The number of amidine groups is 1. The molecule has 2 N–H and O–H groups in total. The van der Waals surface area contributed by atoms with Crippen molar-refractivity contribution in [2.24, 2.45) is 5.92 Å². The fourth-order valence-corrected chi connectivity index (χ4v) is 1.45. The Hall–Kier alpha value is -1.52. The number of amides is 1. The number of carbonyl (C=O) groups excluding carboxylic acids is 1. The minimum Gasteiger partial charge on any atom is -0.447 e.